The molecule has 1 saturated carbocycles. The summed E-state index contributed by atoms with van der Waals surface area (Å²) in [6, 6.07) is 1.43. The predicted molar refractivity (Wildman–Crippen MR) is 74.4 cm³/mol. The average Bonchev–Trinajstić information content (AvgIpc) is 2.28. The molecular formula is C13H20N4O2. The van der Waals surface area contributed by atoms with E-state index in [1.807, 2.05) is 0 Å². The summed E-state index contributed by atoms with van der Waals surface area (Å²) in [7, 11) is 4.10. The van der Waals surface area contributed by atoms with E-state index in [4.69, 9.17) is 10.8 Å². The number of likely N-dealkylation sites (N-methyl/N-ethyl adjacent to an activating group) is 1. The fourth-order valence-electron chi connectivity index (χ4n) is 2.40. The summed E-state index contributed by atoms with van der Waals surface area (Å²) < 4.78 is 0. The molecule has 4 N–H and O–H groups in total. The van der Waals surface area contributed by atoms with Gasteiger partial charge in [-0.15, -0.1) is 0 Å². The minimum atomic E-state index is -1.02. The van der Waals surface area contributed by atoms with Gasteiger partial charge in [-0.2, -0.15) is 0 Å². The number of rotatable bonds is 5. The highest BCUT2D eigenvalue weighted by molar-refractivity contribution is 5.94. The van der Waals surface area contributed by atoms with Gasteiger partial charge in [0, 0.05) is 12.1 Å². The largest absolute Gasteiger partial charge is 0.478 e. The van der Waals surface area contributed by atoms with Gasteiger partial charge in [-0.25, -0.2) is 9.78 Å². The predicted octanol–water partition coefficient (Wildman–Crippen LogP) is 1.26. The SMILES string of the molecule is CN(C)C1(CNc2ncc(N)cc2C(=O)O)CCC1. The first kappa shape index (κ1) is 13.6. The van der Waals surface area contributed by atoms with Gasteiger partial charge < -0.3 is 21.1 Å². The number of hydrogen-bond donors (Lipinski definition) is 3. The average molecular weight is 264 g/mol. The number of hydrogen-bond acceptors (Lipinski definition) is 5. The monoisotopic (exact) mass is 264 g/mol. The van der Waals surface area contributed by atoms with Gasteiger partial charge in [0.15, 0.2) is 0 Å². The van der Waals surface area contributed by atoms with E-state index in [9.17, 15) is 4.79 Å². The molecule has 0 aliphatic heterocycles. The van der Waals surface area contributed by atoms with Gasteiger partial charge in [-0.3, -0.25) is 0 Å². The molecule has 6 heteroatoms. The Kier molecular flexibility index (Phi) is 3.61. The topological polar surface area (TPSA) is 91.5 Å². The van der Waals surface area contributed by atoms with Gasteiger partial charge in [0.05, 0.1) is 11.9 Å². The number of nitrogens with zero attached hydrogens (tertiary/aromatic N) is 2. The number of pyridine rings is 1. The Morgan fingerprint density at radius 3 is 2.74 bits per heavy atom. The molecule has 0 radical (unpaired) electrons. The molecule has 104 valence electrons. The lowest BCUT2D eigenvalue weighted by molar-refractivity contribution is 0.0693. The first-order valence-corrected chi connectivity index (χ1v) is 6.35. The van der Waals surface area contributed by atoms with Crippen molar-refractivity contribution in [1.82, 2.24) is 9.88 Å². The van der Waals surface area contributed by atoms with E-state index in [0.717, 1.165) is 12.8 Å². The van der Waals surface area contributed by atoms with Gasteiger partial charge in [0.25, 0.3) is 0 Å². The fourth-order valence-corrected chi connectivity index (χ4v) is 2.40. The van der Waals surface area contributed by atoms with E-state index < -0.39 is 5.97 Å². The molecule has 19 heavy (non-hydrogen) atoms. The maximum Gasteiger partial charge on any atom is 0.339 e. The second kappa shape index (κ2) is 5.05. The second-order valence-electron chi connectivity index (χ2n) is 5.30. The lowest BCUT2D eigenvalue weighted by Gasteiger charge is -2.47. The van der Waals surface area contributed by atoms with E-state index in [-0.39, 0.29) is 11.1 Å². The zero-order chi connectivity index (χ0) is 14.0. The lowest BCUT2D eigenvalue weighted by atomic mass is 9.75. The third-order valence-electron chi connectivity index (χ3n) is 3.96. The Hall–Kier alpha value is -1.82. The maximum absolute atomic E-state index is 11.2. The number of nitrogens with one attached hydrogen (secondary N) is 1. The number of aromatic carboxylic acids is 1. The molecule has 6 nitrogen and oxygen atoms in total. The number of aromatic nitrogens is 1. The number of carbonyl (C=O) groups is 1. The molecule has 1 aliphatic rings. The highest BCUT2D eigenvalue weighted by Crippen LogP contribution is 2.36. The molecule has 0 bridgehead atoms. The molecule has 1 fully saturated rings. The van der Waals surface area contributed by atoms with E-state index in [2.05, 4.69) is 29.3 Å². The summed E-state index contributed by atoms with van der Waals surface area (Å²) in [5, 5.41) is 12.3. The molecule has 1 aliphatic carbocycles. The Balaban J connectivity index is 2.13. The van der Waals surface area contributed by atoms with E-state index in [1.54, 1.807) is 0 Å². The van der Waals surface area contributed by atoms with Crippen molar-refractivity contribution in [3.8, 4) is 0 Å². The van der Waals surface area contributed by atoms with Crippen LogP contribution in [0.4, 0.5) is 11.5 Å². The normalized spacial score (nSPS) is 17.0. The summed E-state index contributed by atoms with van der Waals surface area (Å²) in [6.45, 7) is 0.692. The standard InChI is InChI=1S/C13H20N4O2/c1-17(2)13(4-3-5-13)8-16-11-10(12(18)19)6-9(14)7-15-11/h6-7H,3-5,8,14H2,1-2H3,(H,15,16)(H,18,19). The van der Waals surface area contributed by atoms with Gasteiger partial charge in [-0.1, -0.05) is 0 Å². The maximum atomic E-state index is 11.2. The van der Waals surface area contributed by atoms with Gasteiger partial charge in [0.1, 0.15) is 11.4 Å². The van der Waals surface area contributed by atoms with Crippen LogP contribution in [0.3, 0.4) is 0 Å². The second-order valence-corrected chi connectivity index (χ2v) is 5.30. The molecule has 2 rings (SSSR count). The van der Waals surface area contributed by atoms with Crippen LogP contribution in [-0.2, 0) is 0 Å². The van der Waals surface area contributed by atoms with Crippen LogP contribution in [0.25, 0.3) is 0 Å². The van der Waals surface area contributed by atoms with Crippen LogP contribution in [0.1, 0.15) is 29.6 Å². The van der Waals surface area contributed by atoms with Crippen molar-refractivity contribution in [2.75, 3.05) is 31.7 Å². The van der Waals surface area contributed by atoms with Gasteiger partial charge in [0.2, 0.25) is 0 Å². The summed E-state index contributed by atoms with van der Waals surface area (Å²) in [5.74, 6) is -0.635. The van der Waals surface area contributed by atoms with Crippen LogP contribution >= 0.6 is 0 Å². The summed E-state index contributed by atoms with van der Waals surface area (Å²) in [4.78, 5) is 17.5. The van der Waals surface area contributed by atoms with Crippen molar-refractivity contribution in [3.05, 3.63) is 17.8 Å². The van der Waals surface area contributed by atoms with Crippen molar-refractivity contribution in [1.29, 1.82) is 0 Å². The van der Waals surface area contributed by atoms with E-state index in [1.165, 1.54) is 18.7 Å². The van der Waals surface area contributed by atoms with Crippen molar-refractivity contribution in [2.24, 2.45) is 0 Å². The van der Waals surface area contributed by atoms with Crippen LogP contribution in [0.2, 0.25) is 0 Å². The zero-order valence-electron chi connectivity index (χ0n) is 11.3. The van der Waals surface area contributed by atoms with E-state index >= 15 is 0 Å². The minimum absolute atomic E-state index is 0.110. The third kappa shape index (κ3) is 2.63. The minimum Gasteiger partial charge on any atom is -0.478 e. The van der Waals surface area contributed by atoms with Gasteiger partial charge in [-0.05, 0) is 39.4 Å². The Labute approximate surface area is 112 Å². The quantitative estimate of drug-likeness (QED) is 0.741. The smallest absolute Gasteiger partial charge is 0.339 e. The Morgan fingerprint density at radius 1 is 1.58 bits per heavy atom. The summed E-state index contributed by atoms with van der Waals surface area (Å²) in [6.07, 6.45) is 4.91. The van der Waals surface area contributed by atoms with Crippen molar-refractivity contribution >= 4 is 17.5 Å². The van der Waals surface area contributed by atoms with E-state index in [0.29, 0.717) is 18.1 Å². The van der Waals surface area contributed by atoms with Crippen molar-refractivity contribution in [3.63, 3.8) is 0 Å². The molecule has 1 aromatic rings. The third-order valence-corrected chi connectivity index (χ3v) is 3.96. The molecule has 0 amide bonds. The first-order chi connectivity index (χ1) is 8.94. The number of nitrogens with two attached hydrogens (primary N) is 1. The summed E-state index contributed by atoms with van der Waals surface area (Å²) >= 11 is 0. The first-order valence-electron chi connectivity index (χ1n) is 6.35. The summed E-state index contributed by atoms with van der Waals surface area (Å²) in [5.41, 5.74) is 6.16. The fraction of sp³-hybridized carbons (Fsp3) is 0.538. The lowest BCUT2D eigenvalue weighted by Crippen LogP contribution is -2.54. The number of nitrogen functional groups attached to an aromatic ring is 1. The molecular weight excluding hydrogens is 244 g/mol. The molecule has 1 heterocycles. The molecule has 0 saturated heterocycles. The Morgan fingerprint density at radius 2 is 2.26 bits per heavy atom. The van der Waals surface area contributed by atoms with Crippen LogP contribution < -0.4 is 11.1 Å². The zero-order valence-corrected chi connectivity index (χ0v) is 11.3. The highest BCUT2D eigenvalue weighted by atomic mass is 16.4. The Bertz CT molecular complexity index is 484. The highest BCUT2D eigenvalue weighted by Gasteiger charge is 2.39. The molecule has 0 unspecified atom stereocenters. The number of anilines is 2. The number of carboxylic acids is 1. The van der Waals surface area contributed by atoms with Crippen molar-refractivity contribution in [2.45, 2.75) is 24.8 Å². The number of carboxylic acid groups (broad SMARTS) is 1. The molecule has 1 aromatic heterocycles. The molecule has 0 aromatic carbocycles. The molecule has 0 atom stereocenters. The van der Waals surface area contributed by atoms with Crippen molar-refractivity contribution < 1.29 is 9.90 Å². The van der Waals surface area contributed by atoms with Crippen LogP contribution in [0.15, 0.2) is 12.3 Å². The van der Waals surface area contributed by atoms with Gasteiger partial charge >= 0.3 is 5.97 Å². The molecule has 0 spiro atoms. The van der Waals surface area contributed by atoms with Crippen LogP contribution in [0, 0.1) is 0 Å². The van der Waals surface area contributed by atoms with Crippen LogP contribution in [0.5, 0.6) is 0 Å². The van der Waals surface area contributed by atoms with Crippen LogP contribution in [-0.4, -0.2) is 47.1 Å².